The predicted molar refractivity (Wildman–Crippen MR) is 94.3 cm³/mol. The van der Waals surface area contributed by atoms with Crippen molar-refractivity contribution in [3.05, 3.63) is 35.9 Å². The Hall–Kier alpha value is -1.55. The van der Waals surface area contributed by atoms with Gasteiger partial charge in [-0.25, -0.2) is 0 Å². The van der Waals surface area contributed by atoms with E-state index in [4.69, 9.17) is 4.99 Å². The van der Waals surface area contributed by atoms with Gasteiger partial charge in [0.15, 0.2) is 5.96 Å². The Balaban J connectivity index is 1.83. The Morgan fingerprint density at radius 3 is 2.59 bits per heavy atom. The van der Waals surface area contributed by atoms with Gasteiger partial charge in [0.2, 0.25) is 0 Å². The molecule has 0 spiro atoms. The molecule has 22 heavy (non-hydrogen) atoms. The summed E-state index contributed by atoms with van der Waals surface area (Å²) in [7, 11) is 0. The number of benzene rings is 1. The van der Waals surface area contributed by atoms with E-state index < -0.39 is 0 Å². The van der Waals surface area contributed by atoms with E-state index in [2.05, 4.69) is 53.6 Å². The molecule has 1 fully saturated rings. The van der Waals surface area contributed by atoms with Crippen molar-refractivity contribution in [3.63, 3.8) is 0 Å². The van der Waals surface area contributed by atoms with E-state index >= 15 is 0 Å². The molecule has 1 aliphatic heterocycles. The average molecular weight is 302 g/mol. The second kappa shape index (κ2) is 9.46. The van der Waals surface area contributed by atoms with Gasteiger partial charge in [0.1, 0.15) is 0 Å². The monoisotopic (exact) mass is 302 g/mol. The van der Waals surface area contributed by atoms with Gasteiger partial charge in [-0.2, -0.15) is 0 Å². The van der Waals surface area contributed by atoms with Gasteiger partial charge in [-0.1, -0.05) is 36.8 Å². The van der Waals surface area contributed by atoms with E-state index in [0.29, 0.717) is 0 Å². The van der Waals surface area contributed by atoms with Gasteiger partial charge < -0.3 is 15.5 Å². The Bertz CT molecular complexity index is 438. The fraction of sp³-hybridized carbons (Fsp3) is 0.611. The van der Waals surface area contributed by atoms with Gasteiger partial charge in [-0.3, -0.25) is 4.99 Å². The number of hydrogen-bond donors (Lipinski definition) is 2. The maximum Gasteiger partial charge on any atom is 0.191 e. The summed E-state index contributed by atoms with van der Waals surface area (Å²) in [4.78, 5) is 7.25. The van der Waals surface area contributed by atoms with Crippen LogP contribution in [-0.4, -0.2) is 43.6 Å². The zero-order valence-corrected chi connectivity index (χ0v) is 14.0. The molecule has 122 valence electrons. The van der Waals surface area contributed by atoms with Crippen LogP contribution in [0, 0.1) is 0 Å². The molecule has 1 heterocycles. The van der Waals surface area contributed by atoms with Crippen LogP contribution in [0.3, 0.4) is 0 Å². The number of likely N-dealkylation sites (tertiary alicyclic amines) is 1. The highest BCUT2D eigenvalue weighted by Crippen LogP contribution is 2.11. The highest BCUT2D eigenvalue weighted by atomic mass is 15.2. The molecular formula is C18H30N4. The minimum atomic E-state index is 0.258. The van der Waals surface area contributed by atoms with Crippen LogP contribution >= 0.6 is 0 Å². The van der Waals surface area contributed by atoms with Crippen molar-refractivity contribution >= 4 is 5.96 Å². The molecule has 0 bridgehead atoms. The van der Waals surface area contributed by atoms with Crippen LogP contribution < -0.4 is 10.6 Å². The Labute approximate surface area is 135 Å². The number of guanidine groups is 1. The molecule has 1 aromatic rings. The molecule has 1 atom stereocenters. The smallest absolute Gasteiger partial charge is 0.191 e. The third-order valence-electron chi connectivity index (χ3n) is 4.13. The molecule has 2 N–H and O–H groups in total. The molecule has 1 saturated heterocycles. The summed E-state index contributed by atoms with van der Waals surface area (Å²) in [5.74, 6) is 0.913. The Morgan fingerprint density at radius 1 is 1.18 bits per heavy atom. The average Bonchev–Trinajstić information content (AvgIpc) is 2.57. The van der Waals surface area contributed by atoms with Crippen LogP contribution in [0.4, 0.5) is 0 Å². The molecule has 1 aliphatic rings. The first-order chi connectivity index (χ1) is 10.8. The predicted octanol–water partition coefficient (Wildman–Crippen LogP) is 2.79. The van der Waals surface area contributed by atoms with Gasteiger partial charge in [0.05, 0.1) is 12.6 Å². The third kappa shape index (κ3) is 5.68. The van der Waals surface area contributed by atoms with Gasteiger partial charge in [0, 0.05) is 13.1 Å². The SMILES string of the molecule is CCNC(=NCCN1CCCCC1)NC(C)c1ccccc1. The van der Waals surface area contributed by atoms with Crippen molar-refractivity contribution in [2.45, 2.75) is 39.2 Å². The molecule has 0 aromatic heterocycles. The molecule has 0 aliphatic carbocycles. The van der Waals surface area contributed by atoms with Gasteiger partial charge >= 0.3 is 0 Å². The lowest BCUT2D eigenvalue weighted by Crippen LogP contribution is -2.39. The standard InChI is InChI=1S/C18H30N4/c1-3-19-18(20-12-15-22-13-8-5-9-14-22)21-16(2)17-10-6-4-7-11-17/h4,6-7,10-11,16H,3,5,8-9,12-15H2,1-2H3,(H2,19,20,21). The van der Waals surface area contributed by atoms with Crippen LogP contribution in [0.25, 0.3) is 0 Å². The van der Waals surface area contributed by atoms with Crippen molar-refractivity contribution in [2.75, 3.05) is 32.7 Å². The van der Waals surface area contributed by atoms with E-state index in [0.717, 1.165) is 25.6 Å². The second-order valence-electron chi connectivity index (χ2n) is 5.94. The van der Waals surface area contributed by atoms with Crippen LogP contribution in [0.2, 0.25) is 0 Å². The number of aliphatic imine (C=N–C) groups is 1. The first-order valence-electron chi connectivity index (χ1n) is 8.61. The minimum absolute atomic E-state index is 0.258. The van der Waals surface area contributed by atoms with Crippen LogP contribution in [0.15, 0.2) is 35.3 Å². The van der Waals surface area contributed by atoms with Gasteiger partial charge in [-0.05, 0) is 45.3 Å². The Morgan fingerprint density at radius 2 is 1.91 bits per heavy atom. The zero-order valence-electron chi connectivity index (χ0n) is 14.0. The normalized spacial score (nSPS) is 18.0. The van der Waals surface area contributed by atoms with Crippen molar-refractivity contribution in [2.24, 2.45) is 4.99 Å². The van der Waals surface area contributed by atoms with Crippen LogP contribution in [0.1, 0.15) is 44.7 Å². The maximum absolute atomic E-state index is 4.73. The van der Waals surface area contributed by atoms with Crippen molar-refractivity contribution < 1.29 is 0 Å². The lowest BCUT2D eigenvalue weighted by molar-refractivity contribution is 0.235. The van der Waals surface area contributed by atoms with Crippen molar-refractivity contribution in [1.82, 2.24) is 15.5 Å². The van der Waals surface area contributed by atoms with Gasteiger partial charge in [0.25, 0.3) is 0 Å². The summed E-state index contributed by atoms with van der Waals surface area (Å²) >= 11 is 0. The highest BCUT2D eigenvalue weighted by Gasteiger charge is 2.10. The van der Waals surface area contributed by atoms with E-state index in [1.54, 1.807) is 0 Å². The van der Waals surface area contributed by atoms with Crippen LogP contribution in [-0.2, 0) is 0 Å². The summed E-state index contributed by atoms with van der Waals surface area (Å²) in [6.07, 6.45) is 4.07. The van der Waals surface area contributed by atoms with E-state index in [9.17, 15) is 0 Å². The molecule has 1 unspecified atom stereocenters. The molecule has 2 rings (SSSR count). The van der Waals surface area contributed by atoms with E-state index in [1.165, 1.54) is 37.9 Å². The highest BCUT2D eigenvalue weighted by molar-refractivity contribution is 5.80. The Kier molecular flexibility index (Phi) is 7.23. The second-order valence-corrected chi connectivity index (χ2v) is 5.94. The maximum atomic E-state index is 4.73. The number of nitrogens with zero attached hydrogens (tertiary/aromatic N) is 2. The molecular weight excluding hydrogens is 272 g/mol. The zero-order chi connectivity index (χ0) is 15.6. The van der Waals surface area contributed by atoms with E-state index in [1.807, 2.05) is 6.07 Å². The first kappa shape index (κ1) is 16.8. The summed E-state index contributed by atoms with van der Waals surface area (Å²) in [5, 5.41) is 6.83. The van der Waals surface area contributed by atoms with Crippen molar-refractivity contribution in [1.29, 1.82) is 0 Å². The topological polar surface area (TPSA) is 39.7 Å². The third-order valence-corrected chi connectivity index (χ3v) is 4.13. The fourth-order valence-electron chi connectivity index (χ4n) is 2.84. The van der Waals surface area contributed by atoms with Crippen molar-refractivity contribution in [3.8, 4) is 0 Å². The summed E-state index contributed by atoms with van der Waals surface area (Å²) in [5.41, 5.74) is 1.28. The number of piperidine rings is 1. The molecule has 0 radical (unpaired) electrons. The summed E-state index contributed by atoms with van der Waals surface area (Å²) in [6, 6.07) is 10.8. The largest absolute Gasteiger partial charge is 0.357 e. The van der Waals surface area contributed by atoms with Crippen LogP contribution in [0.5, 0.6) is 0 Å². The molecule has 0 saturated carbocycles. The number of rotatable bonds is 6. The lowest BCUT2D eigenvalue weighted by Gasteiger charge is -2.25. The summed E-state index contributed by atoms with van der Waals surface area (Å²) in [6.45, 7) is 9.56. The lowest BCUT2D eigenvalue weighted by atomic mass is 10.1. The molecule has 1 aromatic carbocycles. The number of hydrogen-bond acceptors (Lipinski definition) is 2. The number of nitrogens with one attached hydrogen (secondary N) is 2. The quantitative estimate of drug-likeness (QED) is 0.627. The molecule has 4 heteroatoms. The molecule has 0 amide bonds. The van der Waals surface area contributed by atoms with Gasteiger partial charge in [-0.15, -0.1) is 0 Å². The molecule has 4 nitrogen and oxygen atoms in total. The first-order valence-corrected chi connectivity index (χ1v) is 8.61. The fourth-order valence-corrected chi connectivity index (χ4v) is 2.84. The van der Waals surface area contributed by atoms with E-state index in [-0.39, 0.29) is 6.04 Å². The minimum Gasteiger partial charge on any atom is -0.357 e. The summed E-state index contributed by atoms with van der Waals surface area (Å²) < 4.78 is 0.